The third-order valence-electron chi connectivity index (χ3n) is 4.46. The van der Waals surface area contributed by atoms with Crippen LogP contribution >= 0.6 is 0 Å². The lowest BCUT2D eigenvalue weighted by molar-refractivity contribution is -0.131. The van der Waals surface area contributed by atoms with Crippen LogP contribution in [0.3, 0.4) is 0 Å². The molecule has 1 aromatic carbocycles. The van der Waals surface area contributed by atoms with Crippen molar-refractivity contribution in [2.24, 2.45) is 0 Å². The largest absolute Gasteiger partial charge is 0.354 e. The normalized spacial score (nSPS) is 15.2. The summed E-state index contributed by atoms with van der Waals surface area (Å²) in [6, 6.07) is 12.2. The van der Waals surface area contributed by atoms with Gasteiger partial charge in [0.25, 0.3) is 0 Å². The number of halogens is 1. The van der Waals surface area contributed by atoms with E-state index in [1.807, 2.05) is 18.2 Å². The molecule has 0 aliphatic carbocycles. The maximum Gasteiger partial charge on any atom is 0.236 e. The zero-order chi connectivity index (χ0) is 17.6. The molecule has 0 unspecified atom stereocenters. The average Bonchev–Trinajstić information content (AvgIpc) is 2.65. The summed E-state index contributed by atoms with van der Waals surface area (Å²) in [6.45, 7) is 4.32. The van der Waals surface area contributed by atoms with Gasteiger partial charge < -0.3 is 9.80 Å². The minimum Gasteiger partial charge on any atom is -0.354 e. The molecule has 1 saturated heterocycles. The minimum absolute atomic E-state index is 0.0793. The van der Waals surface area contributed by atoms with Gasteiger partial charge in [-0.25, -0.2) is 9.37 Å². The van der Waals surface area contributed by atoms with Crippen molar-refractivity contribution in [2.45, 2.75) is 6.54 Å². The molecule has 2 aromatic rings. The highest BCUT2D eigenvalue weighted by Gasteiger charge is 2.21. The molecule has 132 valence electrons. The second-order valence-electron chi connectivity index (χ2n) is 6.33. The highest BCUT2D eigenvalue weighted by molar-refractivity contribution is 5.78. The number of amides is 1. The Bertz CT molecular complexity index is 684. The number of carbonyl (C=O) groups excluding carboxylic acids is 1. The summed E-state index contributed by atoms with van der Waals surface area (Å²) in [5.41, 5.74) is 0.928. The molecular formula is C19H23FN4O. The Kier molecular flexibility index (Phi) is 5.60. The fourth-order valence-corrected chi connectivity index (χ4v) is 2.94. The molecule has 2 heterocycles. The average molecular weight is 342 g/mol. The number of likely N-dealkylation sites (N-methyl/N-ethyl adjacent to an activating group) is 1. The van der Waals surface area contributed by atoms with Crippen molar-refractivity contribution in [3.05, 3.63) is 60.0 Å². The summed E-state index contributed by atoms with van der Waals surface area (Å²) in [4.78, 5) is 22.9. The quantitative estimate of drug-likeness (QED) is 0.833. The van der Waals surface area contributed by atoms with E-state index in [1.165, 1.54) is 12.1 Å². The Morgan fingerprint density at radius 2 is 1.84 bits per heavy atom. The van der Waals surface area contributed by atoms with Gasteiger partial charge in [0.2, 0.25) is 5.91 Å². The van der Waals surface area contributed by atoms with Gasteiger partial charge in [-0.2, -0.15) is 0 Å². The molecule has 0 atom stereocenters. The standard InChI is InChI=1S/C19H23FN4O/c1-22(14-16-5-7-17(20)8-6-16)19(25)15-23-10-12-24(13-11-23)18-4-2-3-9-21-18/h2-9H,10-15H2,1H3. The molecule has 0 spiro atoms. The van der Waals surface area contributed by atoms with E-state index in [-0.39, 0.29) is 11.7 Å². The van der Waals surface area contributed by atoms with E-state index in [2.05, 4.69) is 14.8 Å². The summed E-state index contributed by atoms with van der Waals surface area (Å²) in [6.07, 6.45) is 1.80. The van der Waals surface area contributed by atoms with Crippen LogP contribution in [0, 0.1) is 5.82 Å². The van der Waals surface area contributed by atoms with Crippen LogP contribution in [-0.2, 0) is 11.3 Å². The van der Waals surface area contributed by atoms with Gasteiger partial charge in [0.05, 0.1) is 6.54 Å². The third-order valence-corrected chi connectivity index (χ3v) is 4.46. The number of piperazine rings is 1. The molecule has 1 aliphatic rings. The third kappa shape index (κ3) is 4.76. The zero-order valence-electron chi connectivity index (χ0n) is 14.4. The van der Waals surface area contributed by atoms with Crippen molar-refractivity contribution in [1.82, 2.24) is 14.8 Å². The van der Waals surface area contributed by atoms with Crippen molar-refractivity contribution in [2.75, 3.05) is 44.7 Å². The number of benzene rings is 1. The van der Waals surface area contributed by atoms with Crippen LogP contribution in [0.5, 0.6) is 0 Å². The van der Waals surface area contributed by atoms with Gasteiger partial charge >= 0.3 is 0 Å². The Morgan fingerprint density at radius 3 is 2.48 bits per heavy atom. The molecule has 25 heavy (non-hydrogen) atoms. The first-order valence-electron chi connectivity index (χ1n) is 8.48. The van der Waals surface area contributed by atoms with Gasteiger partial charge in [-0.05, 0) is 29.8 Å². The molecule has 0 N–H and O–H groups in total. The van der Waals surface area contributed by atoms with Crippen molar-refractivity contribution < 1.29 is 9.18 Å². The van der Waals surface area contributed by atoms with Crippen LogP contribution in [0.15, 0.2) is 48.7 Å². The predicted octanol–water partition coefficient (Wildman–Crippen LogP) is 2.00. The van der Waals surface area contributed by atoms with E-state index in [4.69, 9.17) is 0 Å². The van der Waals surface area contributed by atoms with Crippen LogP contribution in [0.1, 0.15) is 5.56 Å². The van der Waals surface area contributed by atoms with E-state index in [0.717, 1.165) is 37.6 Å². The Morgan fingerprint density at radius 1 is 1.12 bits per heavy atom. The highest BCUT2D eigenvalue weighted by atomic mass is 19.1. The highest BCUT2D eigenvalue weighted by Crippen LogP contribution is 2.13. The van der Waals surface area contributed by atoms with E-state index in [0.29, 0.717) is 13.1 Å². The molecule has 0 radical (unpaired) electrons. The molecule has 5 nitrogen and oxygen atoms in total. The number of hydrogen-bond acceptors (Lipinski definition) is 4. The van der Waals surface area contributed by atoms with Crippen molar-refractivity contribution >= 4 is 11.7 Å². The first-order chi connectivity index (χ1) is 12.1. The zero-order valence-corrected chi connectivity index (χ0v) is 14.4. The van der Waals surface area contributed by atoms with Crippen LogP contribution in [0.4, 0.5) is 10.2 Å². The first-order valence-corrected chi connectivity index (χ1v) is 8.48. The van der Waals surface area contributed by atoms with Crippen LogP contribution in [-0.4, -0.2) is 60.5 Å². The molecule has 6 heteroatoms. The number of anilines is 1. The Balaban J connectivity index is 1.46. The van der Waals surface area contributed by atoms with E-state index in [9.17, 15) is 9.18 Å². The SMILES string of the molecule is CN(Cc1ccc(F)cc1)C(=O)CN1CCN(c2ccccn2)CC1. The number of nitrogens with zero attached hydrogens (tertiary/aromatic N) is 4. The smallest absolute Gasteiger partial charge is 0.236 e. The Labute approximate surface area is 147 Å². The fraction of sp³-hybridized carbons (Fsp3) is 0.368. The summed E-state index contributed by atoms with van der Waals surface area (Å²) in [5, 5.41) is 0. The van der Waals surface area contributed by atoms with Gasteiger partial charge in [0.1, 0.15) is 11.6 Å². The topological polar surface area (TPSA) is 39.7 Å². The van der Waals surface area contributed by atoms with Gasteiger partial charge in [-0.15, -0.1) is 0 Å². The van der Waals surface area contributed by atoms with E-state index >= 15 is 0 Å². The van der Waals surface area contributed by atoms with Gasteiger partial charge in [0, 0.05) is 46.0 Å². The van der Waals surface area contributed by atoms with Crippen LogP contribution in [0.2, 0.25) is 0 Å². The molecule has 1 aromatic heterocycles. The minimum atomic E-state index is -0.261. The second-order valence-corrected chi connectivity index (χ2v) is 6.33. The maximum absolute atomic E-state index is 13.0. The molecule has 1 aliphatic heterocycles. The lowest BCUT2D eigenvalue weighted by Crippen LogP contribution is -2.49. The maximum atomic E-state index is 13.0. The number of pyridine rings is 1. The first kappa shape index (κ1) is 17.4. The fourth-order valence-electron chi connectivity index (χ4n) is 2.94. The molecule has 3 rings (SSSR count). The predicted molar refractivity (Wildman–Crippen MR) is 95.8 cm³/mol. The summed E-state index contributed by atoms with van der Waals surface area (Å²) in [5.74, 6) is 0.807. The van der Waals surface area contributed by atoms with Crippen molar-refractivity contribution in [3.8, 4) is 0 Å². The molecule has 0 saturated carbocycles. The summed E-state index contributed by atoms with van der Waals surface area (Å²) < 4.78 is 13.0. The summed E-state index contributed by atoms with van der Waals surface area (Å²) >= 11 is 0. The van der Waals surface area contributed by atoms with Crippen molar-refractivity contribution in [1.29, 1.82) is 0 Å². The van der Waals surface area contributed by atoms with E-state index in [1.54, 1.807) is 30.3 Å². The number of hydrogen-bond donors (Lipinski definition) is 0. The summed E-state index contributed by atoms with van der Waals surface area (Å²) in [7, 11) is 1.79. The van der Waals surface area contributed by atoms with Crippen LogP contribution < -0.4 is 4.90 Å². The van der Waals surface area contributed by atoms with Gasteiger partial charge in [-0.1, -0.05) is 18.2 Å². The van der Waals surface area contributed by atoms with Gasteiger partial charge in [-0.3, -0.25) is 9.69 Å². The van der Waals surface area contributed by atoms with E-state index < -0.39 is 0 Å². The van der Waals surface area contributed by atoms with Crippen molar-refractivity contribution in [3.63, 3.8) is 0 Å². The number of rotatable bonds is 5. The monoisotopic (exact) mass is 342 g/mol. The lowest BCUT2D eigenvalue weighted by Gasteiger charge is -2.35. The van der Waals surface area contributed by atoms with Crippen LogP contribution in [0.25, 0.3) is 0 Å². The second kappa shape index (κ2) is 8.07. The molecule has 1 amide bonds. The number of carbonyl (C=O) groups is 1. The molecule has 1 fully saturated rings. The number of aromatic nitrogens is 1. The lowest BCUT2D eigenvalue weighted by atomic mass is 10.2. The Hall–Kier alpha value is -2.47. The molecule has 0 bridgehead atoms. The van der Waals surface area contributed by atoms with Gasteiger partial charge in [0.15, 0.2) is 0 Å². The molecular weight excluding hydrogens is 319 g/mol.